The molecule has 0 amide bonds. The summed E-state index contributed by atoms with van der Waals surface area (Å²) in [5.74, 6) is 0. The van der Waals surface area contributed by atoms with E-state index in [1.54, 1.807) is 0 Å². The highest BCUT2D eigenvalue weighted by Gasteiger charge is 2.30. The third-order valence-electron chi connectivity index (χ3n) is 3.75. The second kappa shape index (κ2) is 5.25. The van der Waals surface area contributed by atoms with Crippen LogP contribution in [-0.4, -0.2) is 45.4 Å². The summed E-state index contributed by atoms with van der Waals surface area (Å²) in [5, 5.41) is 20.1. The molecule has 4 nitrogen and oxygen atoms in total. The summed E-state index contributed by atoms with van der Waals surface area (Å²) in [7, 11) is 0. The summed E-state index contributed by atoms with van der Waals surface area (Å²) in [5.41, 5.74) is 2.11. The fraction of sp³-hybridized carbons (Fsp3) is 0.400. The Labute approximate surface area is 112 Å². The maximum Gasteiger partial charge on any atom is 0.0702 e. The summed E-state index contributed by atoms with van der Waals surface area (Å²) >= 11 is 0. The number of rotatable bonds is 3. The van der Waals surface area contributed by atoms with Gasteiger partial charge in [-0.1, -0.05) is 18.2 Å². The molecular formula is C15H18N2O2. The Hall–Kier alpha value is -1.49. The summed E-state index contributed by atoms with van der Waals surface area (Å²) in [4.78, 5) is 6.56. The molecule has 0 aliphatic carbocycles. The van der Waals surface area contributed by atoms with Crippen LogP contribution >= 0.6 is 0 Å². The Morgan fingerprint density at radius 2 is 2.16 bits per heavy atom. The first kappa shape index (κ1) is 12.5. The number of hydrogen-bond donors (Lipinski definition) is 2. The maximum atomic E-state index is 9.68. The number of likely N-dealkylation sites (tertiary alicyclic amines) is 1. The van der Waals surface area contributed by atoms with Crippen molar-refractivity contribution in [2.24, 2.45) is 0 Å². The van der Waals surface area contributed by atoms with E-state index in [4.69, 9.17) is 0 Å². The third kappa shape index (κ3) is 2.61. The first-order valence-electron chi connectivity index (χ1n) is 6.63. The van der Waals surface area contributed by atoms with Gasteiger partial charge < -0.3 is 10.2 Å². The third-order valence-corrected chi connectivity index (χ3v) is 3.75. The minimum atomic E-state index is -0.328. The molecule has 0 bridgehead atoms. The van der Waals surface area contributed by atoms with Gasteiger partial charge in [0.15, 0.2) is 0 Å². The maximum absolute atomic E-state index is 9.68. The number of β-amino-alcohol motifs (C(OH)–C–C–N with tert-alkyl or cyclic N) is 1. The SMILES string of the molecule is OC[C@@H]1C[C@@H](O)CN1Cc1cnc2ccccc2c1. The minimum Gasteiger partial charge on any atom is -0.395 e. The molecule has 19 heavy (non-hydrogen) atoms. The Bertz CT molecular complexity index is 573. The molecule has 0 unspecified atom stereocenters. The average Bonchev–Trinajstić information content (AvgIpc) is 2.78. The molecule has 1 fully saturated rings. The standard InChI is InChI=1S/C15H18N2O2/c18-10-13-6-14(19)9-17(13)8-11-5-12-3-1-2-4-15(12)16-7-11/h1-5,7,13-14,18-19H,6,8-10H2/t13-,14+/m0/s1. The van der Waals surface area contributed by atoms with Crippen LogP contribution in [0.1, 0.15) is 12.0 Å². The highest BCUT2D eigenvalue weighted by atomic mass is 16.3. The Morgan fingerprint density at radius 1 is 1.32 bits per heavy atom. The van der Waals surface area contributed by atoms with E-state index in [1.807, 2.05) is 30.5 Å². The van der Waals surface area contributed by atoms with Crippen molar-refractivity contribution in [3.8, 4) is 0 Å². The second-order valence-electron chi connectivity index (χ2n) is 5.19. The zero-order valence-electron chi connectivity index (χ0n) is 10.7. The van der Waals surface area contributed by atoms with Crippen LogP contribution in [0.2, 0.25) is 0 Å². The molecule has 1 aromatic carbocycles. The van der Waals surface area contributed by atoms with Gasteiger partial charge in [0.1, 0.15) is 0 Å². The van der Waals surface area contributed by atoms with Crippen LogP contribution in [0.15, 0.2) is 36.5 Å². The molecule has 100 valence electrons. The summed E-state index contributed by atoms with van der Waals surface area (Å²) in [6.45, 7) is 1.44. The van der Waals surface area contributed by atoms with Gasteiger partial charge in [0.2, 0.25) is 0 Å². The molecule has 4 heteroatoms. The Morgan fingerprint density at radius 3 is 3.00 bits per heavy atom. The van der Waals surface area contributed by atoms with Crippen molar-refractivity contribution in [1.29, 1.82) is 0 Å². The van der Waals surface area contributed by atoms with Gasteiger partial charge in [0.05, 0.1) is 18.2 Å². The largest absolute Gasteiger partial charge is 0.395 e. The molecule has 1 aliphatic rings. The van der Waals surface area contributed by atoms with Crippen LogP contribution in [0.4, 0.5) is 0 Å². The van der Waals surface area contributed by atoms with E-state index in [0.717, 1.165) is 23.0 Å². The van der Waals surface area contributed by atoms with E-state index >= 15 is 0 Å². The number of aliphatic hydroxyl groups is 2. The number of para-hydroxylation sites is 1. The van der Waals surface area contributed by atoms with Gasteiger partial charge in [0.25, 0.3) is 0 Å². The zero-order chi connectivity index (χ0) is 13.2. The number of aromatic nitrogens is 1. The fourth-order valence-electron chi connectivity index (χ4n) is 2.78. The first-order chi connectivity index (χ1) is 9.26. The van der Waals surface area contributed by atoms with Crippen LogP contribution < -0.4 is 0 Å². The van der Waals surface area contributed by atoms with Crippen molar-refractivity contribution in [1.82, 2.24) is 9.88 Å². The molecule has 0 radical (unpaired) electrons. The van der Waals surface area contributed by atoms with Crippen molar-refractivity contribution >= 4 is 10.9 Å². The number of nitrogens with zero attached hydrogens (tertiary/aromatic N) is 2. The fourth-order valence-corrected chi connectivity index (χ4v) is 2.78. The van der Waals surface area contributed by atoms with Crippen molar-refractivity contribution in [3.63, 3.8) is 0 Å². The zero-order valence-corrected chi connectivity index (χ0v) is 10.7. The Kier molecular flexibility index (Phi) is 3.46. The molecule has 2 heterocycles. The quantitative estimate of drug-likeness (QED) is 0.867. The van der Waals surface area contributed by atoms with Crippen molar-refractivity contribution in [3.05, 3.63) is 42.1 Å². The lowest BCUT2D eigenvalue weighted by molar-refractivity contribution is 0.150. The molecule has 1 aliphatic heterocycles. The van der Waals surface area contributed by atoms with E-state index in [0.29, 0.717) is 13.0 Å². The monoisotopic (exact) mass is 258 g/mol. The number of aliphatic hydroxyl groups excluding tert-OH is 2. The number of hydrogen-bond acceptors (Lipinski definition) is 4. The van der Waals surface area contributed by atoms with E-state index in [2.05, 4.69) is 16.0 Å². The highest BCUT2D eigenvalue weighted by Crippen LogP contribution is 2.21. The topological polar surface area (TPSA) is 56.6 Å². The minimum absolute atomic E-state index is 0.0569. The molecule has 3 rings (SSSR count). The summed E-state index contributed by atoms with van der Waals surface area (Å²) < 4.78 is 0. The average molecular weight is 258 g/mol. The number of fused-ring (bicyclic) bond motifs is 1. The van der Waals surface area contributed by atoms with Gasteiger partial charge in [-0.2, -0.15) is 0 Å². The predicted molar refractivity (Wildman–Crippen MR) is 73.7 cm³/mol. The van der Waals surface area contributed by atoms with E-state index in [-0.39, 0.29) is 18.8 Å². The summed E-state index contributed by atoms with van der Waals surface area (Å²) in [6, 6.07) is 10.2. The normalized spacial score (nSPS) is 24.1. The molecular weight excluding hydrogens is 240 g/mol. The summed E-state index contributed by atoms with van der Waals surface area (Å²) in [6.07, 6.45) is 2.20. The number of pyridine rings is 1. The van der Waals surface area contributed by atoms with Crippen LogP contribution in [0, 0.1) is 0 Å². The number of benzene rings is 1. The molecule has 2 N–H and O–H groups in total. The smallest absolute Gasteiger partial charge is 0.0702 e. The molecule has 0 spiro atoms. The van der Waals surface area contributed by atoms with Gasteiger partial charge >= 0.3 is 0 Å². The van der Waals surface area contributed by atoms with E-state index in [1.165, 1.54) is 0 Å². The lowest BCUT2D eigenvalue weighted by Crippen LogP contribution is -2.31. The molecule has 2 aromatic rings. The predicted octanol–water partition coefficient (Wildman–Crippen LogP) is 1.16. The molecule has 2 atom stereocenters. The second-order valence-corrected chi connectivity index (χ2v) is 5.19. The van der Waals surface area contributed by atoms with Crippen molar-refractivity contribution in [2.45, 2.75) is 25.1 Å². The van der Waals surface area contributed by atoms with Gasteiger partial charge in [-0.25, -0.2) is 0 Å². The molecule has 0 saturated carbocycles. The molecule has 1 aromatic heterocycles. The first-order valence-corrected chi connectivity index (χ1v) is 6.63. The van der Waals surface area contributed by atoms with Crippen LogP contribution in [-0.2, 0) is 6.54 Å². The van der Waals surface area contributed by atoms with Crippen LogP contribution in [0.5, 0.6) is 0 Å². The Balaban J connectivity index is 1.81. The van der Waals surface area contributed by atoms with E-state index < -0.39 is 0 Å². The highest BCUT2D eigenvalue weighted by molar-refractivity contribution is 5.78. The van der Waals surface area contributed by atoms with E-state index in [9.17, 15) is 10.2 Å². The van der Waals surface area contributed by atoms with Crippen LogP contribution in [0.25, 0.3) is 10.9 Å². The van der Waals surface area contributed by atoms with Gasteiger partial charge in [0, 0.05) is 30.7 Å². The molecule has 1 saturated heterocycles. The van der Waals surface area contributed by atoms with Gasteiger partial charge in [-0.3, -0.25) is 9.88 Å². The van der Waals surface area contributed by atoms with Crippen molar-refractivity contribution in [2.75, 3.05) is 13.2 Å². The lowest BCUT2D eigenvalue weighted by atomic mass is 10.1. The van der Waals surface area contributed by atoms with Gasteiger partial charge in [-0.05, 0) is 24.1 Å². The lowest BCUT2D eigenvalue weighted by Gasteiger charge is -2.22. The van der Waals surface area contributed by atoms with Gasteiger partial charge in [-0.15, -0.1) is 0 Å². The van der Waals surface area contributed by atoms with Crippen molar-refractivity contribution < 1.29 is 10.2 Å². The van der Waals surface area contributed by atoms with Crippen LogP contribution in [0.3, 0.4) is 0 Å².